The molecule has 96 valence electrons. The summed E-state index contributed by atoms with van der Waals surface area (Å²) in [6, 6.07) is 1.26. The van der Waals surface area contributed by atoms with Gasteiger partial charge in [-0.3, -0.25) is 4.90 Å². The van der Waals surface area contributed by atoms with Crippen LogP contribution in [0.4, 0.5) is 0 Å². The third-order valence-electron chi connectivity index (χ3n) is 4.28. The minimum absolute atomic E-state index is 0.284. The average molecular weight is 226 g/mol. The largest absolute Gasteiger partial charge is 0.329 e. The summed E-state index contributed by atoms with van der Waals surface area (Å²) in [6.07, 6.45) is 5.47. The van der Waals surface area contributed by atoms with E-state index in [2.05, 4.69) is 39.6 Å². The highest BCUT2D eigenvalue weighted by atomic mass is 15.2. The third-order valence-corrected chi connectivity index (χ3v) is 4.28. The van der Waals surface area contributed by atoms with Gasteiger partial charge in [0.05, 0.1) is 0 Å². The zero-order chi connectivity index (χ0) is 12.3. The highest BCUT2D eigenvalue weighted by Gasteiger charge is 2.32. The van der Waals surface area contributed by atoms with Gasteiger partial charge in [0.25, 0.3) is 0 Å². The van der Waals surface area contributed by atoms with Crippen LogP contribution in [0.25, 0.3) is 0 Å². The predicted octanol–water partition coefficient (Wildman–Crippen LogP) is 2.87. The molecule has 0 spiro atoms. The summed E-state index contributed by atoms with van der Waals surface area (Å²) in [5.41, 5.74) is 6.24. The molecule has 0 aromatic heterocycles. The van der Waals surface area contributed by atoms with Crippen molar-refractivity contribution in [3.05, 3.63) is 0 Å². The van der Waals surface area contributed by atoms with E-state index in [1.54, 1.807) is 0 Å². The van der Waals surface area contributed by atoms with Gasteiger partial charge < -0.3 is 5.73 Å². The van der Waals surface area contributed by atoms with E-state index in [-0.39, 0.29) is 5.41 Å². The molecule has 2 N–H and O–H groups in total. The van der Waals surface area contributed by atoms with Crippen molar-refractivity contribution in [1.82, 2.24) is 4.90 Å². The Labute approximate surface area is 102 Å². The molecule has 1 aliphatic carbocycles. The second kappa shape index (κ2) is 5.50. The molecule has 0 aromatic carbocycles. The second-order valence-corrected chi connectivity index (χ2v) is 6.70. The molecule has 1 unspecified atom stereocenters. The minimum Gasteiger partial charge on any atom is -0.329 e. The van der Waals surface area contributed by atoms with Crippen LogP contribution in [0.5, 0.6) is 0 Å². The zero-order valence-corrected chi connectivity index (χ0v) is 11.8. The molecule has 0 amide bonds. The summed E-state index contributed by atoms with van der Waals surface area (Å²) in [5.74, 6) is 0.926. The van der Waals surface area contributed by atoms with Crippen molar-refractivity contribution in [2.24, 2.45) is 17.1 Å². The van der Waals surface area contributed by atoms with E-state index in [0.29, 0.717) is 6.04 Å². The zero-order valence-electron chi connectivity index (χ0n) is 11.8. The summed E-state index contributed by atoms with van der Waals surface area (Å²) in [4.78, 5) is 2.55. The van der Waals surface area contributed by atoms with Crippen molar-refractivity contribution >= 4 is 0 Å². The maximum absolute atomic E-state index is 5.95. The van der Waals surface area contributed by atoms with Crippen LogP contribution in [0.3, 0.4) is 0 Å². The molecular formula is C14H30N2. The smallest absolute Gasteiger partial charge is 0.0266 e. The molecule has 0 aromatic rings. The summed E-state index contributed by atoms with van der Waals surface area (Å²) in [7, 11) is 2.27. The van der Waals surface area contributed by atoms with E-state index in [4.69, 9.17) is 5.73 Å². The first-order valence-corrected chi connectivity index (χ1v) is 6.78. The lowest BCUT2D eigenvalue weighted by atomic mass is 9.81. The normalized spacial score (nSPS) is 29.4. The van der Waals surface area contributed by atoms with Crippen molar-refractivity contribution in [3.8, 4) is 0 Å². The van der Waals surface area contributed by atoms with Crippen LogP contribution < -0.4 is 5.73 Å². The average Bonchev–Trinajstić information content (AvgIpc) is 2.17. The molecular weight excluding hydrogens is 196 g/mol. The number of likely N-dealkylation sites (N-methyl/N-ethyl adjacent to an activating group) is 1. The van der Waals surface area contributed by atoms with Gasteiger partial charge in [-0.15, -0.1) is 0 Å². The van der Waals surface area contributed by atoms with Gasteiger partial charge in [0.15, 0.2) is 0 Å². The molecule has 2 heteroatoms. The Balaban J connectivity index is 2.58. The Kier molecular flexibility index (Phi) is 4.81. The molecule has 0 aliphatic heterocycles. The van der Waals surface area contributed by atoms with Gasteiger partial charge in [0.1, 0.15) is 0 Å². The lowest BCUT2D eigenvalue weighted by Crippen LogP contribution is -2.51. The molecule has 1 aliphatic rings. The predicted molar refractivity (Wildman–Crippen MR) is 71.5 cm³/mol. The van der Waals surface area contributed by atoms with Crippen molar-refractivity contribution in [2.45, 2.75) is 65.5 Å². The Morgan fingerprint density at radius 1 is 1.19 bits per heavy atom. The number of hydrogen-bond donors (Lipinski definition) is 1. The van der Waals surface area contributed by atoms with Crippen molar-refractivity contribution in [3.63, 3.8) is 0 Å². The standard InChI is InChI=1S/C14H30N2/c1-11-6-8-12(9-7-11)16(5)13(10-15)14(2,3)4/h11-13H,6-10,15H2,1-5H3. The highest BCUT2D eigenvalue weighted by Crippen LogP contribution is 2.31. The minimum atomic E-state index is 0.284. The molecule has 0 bridgehead atoms. The Morgan fingerprint density at radius 3 is 2.06 bits per heavy atom. The topological polar surface area (TPSA) is 29.3 Å². The van der Waals surface area contributed by atoms with E-state index < -0.39 is 0 Å². The van der Waals surface area contributed by atoms with Gasteiger partial charge in [0.2, 0.25) is 0 Å². The van der Waals surface area contributed by atoms with Crippen LogP contribution in [0.15, 0.2) is 0 Å². The first kappa shape index (κ1) is 14.0. The second-order valence-electron chi connectivity index (χ2n) is 6.70. The quantitative estimate of drug-likeness (QED) is 0.802. The summed E-state index contributed by atoms with van der Waals surface area (Å²) >= 11 is 0. The van der Waals surface area contributed by atoms with Crippen LogP contribution in [0, 0.1) is 11.3 Å². The summed E-state index contributed by atoms with van der Waals surface area (Å²) in [6.45, 7) is 10.0. The number of hydrogen-bond acceptors (Lipinski definition) is 2. The maximum atomic E-state index is 5.95. The van der Waals surface area contributed by atoms with Crippen LogP contribution in [-0.2, 0) is 0 Å². The maximum Gasteiger partial charge on any atom is 0.0266 e. The van der Waals surface area contributed by atoms with Gasteiger partial charge in [-0.05, 0) is 44.1 Å². The van der Waals surface area contributed by atoms with Crippen molar-refractivity contribution in [1.29, 1.82) is 0 Å². The number of rotatable bonds is 3. The Morgan fingerprint density at radius 2 is 1.69 bits per heavy atom. The molecule has 1 fully saturated rings. The molecule has 1 atom stereocenters. The van der Waals surface area contributed by atoms with Crippen LogP contribution >= 0.6 is 0 Å². The molecule has 0 radical (unpaired) electrons. The third kappa shape index (κ3) is 3.46. The lowest BCUT2D eigenvalue weighted by molar-refractivity contribution is 0.0645. The Hall–Kier alpha value is -0.0800. The Bertz CT molecular complexity index is 199. The van der Waals surface area contributed by atoms with Crippen LogP contribution in [-0.4, -0.2) is 30.6 Å². The number of nitrogens with two attached hydrogens (primary N) is 1. The molecule has 2 nitrogen and oxygen atoms in total. The van der Waals surface area contributed by atoms with Gasteiger partial charge in [-0.1, -0.05) is 27.7 Å². The molecule has 1 saturated carbocycles. The van der Waals surface area contributed by atoms with Gasteiger partial charge in [-0.25, -0.2) is 0 Å². The van der Waals surface area contributed by atoms with Crippen molar-refractivity contribution in [2.75, 3.05) is 13.6 Å². The molecule has 1 rings (SSSR count). The SMILES string of the molecule is CC1CCC(N(C)C(CN)C(C)(C)C)CC1. The highest BCUT2D eigenvalue weighted by molar-refractivity contribution is 4.87. The van der Waals surface area contributed by atoms with E-state index in [0.717, 1.165) is 18.5 Å². The first-order chi connectivity index (χ1) is 7.36. The lowest BCUT2D eigenvalue weighted by Gasteiger charge is -2.43. The van der Waals surface area contributed by atoms with Gasteiger partial charge >= 0.3 is 0 Å². The fourth-order valence-electron chi connectivity index (χ4n) is 3.03. The van der Waals surface area contributed by atoms with E-state index >= 15 is 0 Å². The molecule has 0 heterocycles. The first-order valence-electron chi connectivity index (χ1n) is 6.78. The molecule has 0 saturated heterocycles. The van der Waals surface area contributed by atoms with E-state index in [1.165, 1.54) is 25.7 Å². The monoisotopic (exact) mass is 226 g/mol. The van der Waals surface area contributed by atoms with Gasteiger partial charge in [-0.2, -0.15) is 0 Å². The van der Waals surface area contributed by atoms with E-state index in [9.17, 15) is 0 Å². The van der Waals surface area contributed by atoms with E-state index in [1.807, 2.05) is 0 Å². The summed E-state index contributed by atoms with van der Waals surface area (Å²) in [5, 5.41) is 0. The fraction of sp³-hybridized carbons (Fsp3) is 1.00. The number of nitrogens with zero attached hydrogens (tertiary/aromatic N) is 1. The van der Waals surface area contributed by atoms with Crippen LogP contribution in [0.1, 0.15) is 53.4 Å². The van der Waals surface area contributed by atoms with Crippen LogP contribution in [0.2, 0.25) is 0 Å². The molecule has 16 heavy (non-hydrogen) atoms. The van der Waals surface area contributed by atoms with Crippen molar-refractivity contribution < 1.29 is 0 Å². The van der Waals surface area contributed by atoms with Gasteiger partial charge in [0, 0.05) is 18.6 Å². The summed E-state index contributed by atoms with van der Waals surface area (Å²) < 4.78 is 0. The fourth-order valence-corrected chi connectivity index (χ4v) is 3.03.